The van der Waals surface area contributed by atoms with Crippen molar-refractivity contribution in [2.24, 2.45) is 0 Å². The minimum Gasteiger partial charge on any atom is -0.462 e. The highest BCUT2D eigenvalue weighted by Gasteiger charge is 2.19. The Balaban J connectivity index is 4.37. The van der Waals surface area contributed by atoms with Gasteiger partial charge in [0, 0.05) is 19.3 Å². The summed E-state index contributed by atoms with van der Waals surface area (Å²) >= 11 is 0. The van der Waals surface area contributed by atoms with Crippen LogP contribution in [0.5, 0.6) is 0 Å². The van der Waals surface area contributed by atoms with Crippen molar-refractivity contribution < 1.29 is 28.6 Å². The van der Waals surface area contributed by atoms with E-state index in [1.807, 2.05) is 0 Å². The van der Waals surface area contributed by atoms with Crippen molar-refractivity contribution in [3.05, 3.63) is 48.6 Å². The minimum atomic E-state index is -0.780. The Bertz CT molecular complexity index is 1230. The van der Waals surface area contributed by atoms with Gasteiger partial charge in [0.25, 0.3) is 0 Å². The predicted octanol–water partition coefficient (Wildman–Crippen LogP) is 21.0. The lowest BCUT2D eigenvalue weighted by Gasteiger charge is -2.18. The van der Waals surface area contributed by atoms with Crippen LogP contribution < -0.4 is 0 Å². The smallest absolute Gasteiger partial charge is 0.306 e. The number of carbonyl (C=O) groups is 3. The molecule has 71 heavy (non-hydrogen) atoms. The Morgan fingerprint density at radius 1 is 0.282 bits per heavy atom. The van der Waals surface area contributed by atoms with E-state index in [0.717, 1.165) is 77.0 Å². The van der Waals surface area contributed by atoms with Crippen molar-refractivity contribution in [2.45, 2.75) is 335 Å². The second-order valence-electron chi connectivity index (χ2n) is 21.0. The average Bonchev–Trinajstić information content (AvgIpc) is 3.37. The summed E-state index contributed by atoms with van der Waals surface area (Å²) in [7, 11) is 0. The first-order chi connectivity index (χ1) is 35.0. The largest absolute Gasteiger partial charge is 0.462 e. The van der Waals surface area contributed by atoms with Gasteiger partial charge >= 0.3 is 17.9 Å². The lowest BCUT2D eigenvalue weighted by Crippen LogP contribution is -2.30. The van der Waals surface area contributed by atoms with Crippen LogP contribution >= 0.6 is 0 Å². The normalized spacial score (nSPS) is 12.3. The molecule has 0 radical (unpaired) electrons. The highest BCUT2D eigenvalue weighted by Crippen LogP contribution is 2.17. The molecule has 1 unspecified atom stereocenters. The van der Waals surface area contributed by atoms with Gasteiger partial charge in [0.2, 0.25) is 0 Å². The molecule has 6 heteroatoms. The van der Waals surface area contributed by atoms with Crippen molar-refractivity contribution in [1.82, 2.24) is 0 Å². The molecule has 0 aliphatic carbocycles. The van der Waals surface area contributed by atoms with Gasteiger partial charge in [0.05, 0.1) is 0 Å². The Morgan fingerprint density at radius 3 is 0.831 bits per heavy atom. The van der Waals surface area contributed by atoms with Crippen LogP contribution in [0.25, 0.3) is 0 Å². The maximum atomic E-state index is 12.9. The van der Waals surface area contributed by atoms with E-state index in [9.17, 15) is 14.4 Å². The van der Waals surface area contributed by atoms with E-state index in [1.165, 1.54) is 212 Å². The zero-order chi connectivity index (χ0) is 51.4. The number of hydrogen-bond acceptors (Lipinski definition) is 6. The first-order valence-electron chi connectivity index (χ1n) is 31.1. The maximum absolute atomic E-state index is 12.9. The van der Waals surface area contributed by atoms with E-state index in [4.69, 9.17) is 14.2 Å². The van der Waals surface area contributed by atoms with Crippen molar-refractivity contribution >= 4 is 17.9 Å². The van der Waals surface area contributed by atoms with Crippen LogP contribution in [0.15, 0.2) is 48.6 Å². The van der Waals surface area contributed by atoms with Crippen molar-refractivity contribution in [1.29, 1.82) is 0 Å². The first kappa shape index (κ1) is 68.4. The molecule has 0 aromatic carbocycles. The SMILES string of the molecule is CCCCC/C=C\C/C=C\C/C=C\CCCCCCCCC(=O)OCC(COC(=O)CCCCCCCCCCCCCCCCCCC)OC(=O)CCCCCCCCC/C=C\CCCCCCCC. The van der Waals surface area contributed by atoms with Gasteiger partial charge in [-0.05, 0) is 83.5 Å². The van der Waals surface area contributed by atoms with Gasteiger partial charge in [-0.3, -0.25) is 14.4 Å². The highest BCUT2D eigenvalue weighted by atomic mass is 16.6. The van der Waals surface area contributed by atoms with Gasteiger partial charge in [-0.15, -0.1) is 0 Å². The van der Waals surface area contributed by atoms with Crippen LogP contribution in [-0.4, -0.2) is 37.2 Å². The summed E-state index contributed by atoms with van der Waals surface area (Å²) in [4.78, 5) is 38.3. The van der Waals surface area contributed by atoms with Crippen molar-refractivity contribution in [2.75, 3.05) is 13.2 Å². The Hall–Kier alpha value is -2.63. The number of carbonyl (C=O) groups excluding carboxylic acids is 3. The topological polar surface area (TPSA) is 78.9 Å². The molecule has 0 aromatic rings. The molecule has 0 heterocycles. The molecule has 0 bridgehead atoms. The van der Waals surface area contributed by atoms with Gasteiger partial charge < -0.3 is 14.2 Å². The quantitative estimate of drug-likeness (QED) is 0.0261. The first-order valence-corrected chi connectivity index (χ1v) is 31.1. The summed E-state index contributed by atoms with van der Waals surface area (Å²) in [5.74, 6) is -0.873. The highest BCUT2D eigenvalue weighted by molar-refractivity contribution is 5.71. The molecule has 6 nitrogen and oxygen atoms in total. The molecule has 0 rings (SSSR count). The molecule has 0 aliphatic heterocycles. The van der Waals surface area contributed by atoms with Crippen LogP contribution in [0.2, 0.25) is 0 Å². The Labute approximate surface area is 441 Å². The molecule has 1 atom stereocenters. The third kappa shape index (κ3) is 58.1. The Kier molecular flexibility index (Phi) is 57.7. The van der Waals surface area contributed by atoms with Crippen LogP contribution in [-0.2, 0) is 28.6 Å². The van der Waals surface area contributed by atoms with Crippen LogP contribution in [0, 0.1) is 0 Å². The van der Waals surface area contributed by atoms with E-state index in [0.29, 0.717) is 19.3 Å². The lowest BCUT2D eigenvalue weighted by molar-refractivity contribution is -0.167. The summed E-state index contributed by atoms with van der Waals surface area (Å²) < 4.78 is 16.9. The van der Waals surface area contributed by atoms with Crippen LogP contribution in [0.4, 0.5) is 0 Å². The number of ether oxygens (including phenoxy) is 3. The number of hydrogen-bond donors (Lipinski definition) is 0. The number of rotatable bonds is 57. The summed E-state index contributed by atoms with van der Waals surface area (Å²) in [6, 6.07) is 0. The van der Waals surface area contributed by atoms with E-state index >= 15 is 0 Å². The number of allylic oxidation sites excluding steroid dienone is 8. The molecule has 0 N–H and O–H groups in total. The summed E-state index contributed by atoms with van der Waals surface area (Å²) in [6.07, 6.45) is 73.9. The molecular weight excluding hydrogens is 877 g/mol. The molecule has 0 saturated carbocycles. The van der Waals surface area contributed by atoms with Gasteiger partial charge in [-0.25, -0.2) is 0 Å². The van der Waals surface area contributed by atoms with Gasteiger partial charge in [0.15, 0.2) is 6.10 Å². The third-order valence-electron chi connectivity index (χ3n) is 13.8. The van der Waals surface area contributed by atoms with Crippen LogP contribution in [0.3, 0.4) is 0 Å². The minimum absolute atomic E-state index is 0.0756. The number of esters is 3. The zero-order valence-electron chi connectivity index (χ0n) is 47.5. The summed E-state index contributed by atoms with van der Waals surface area (Å²) in [6.45, 7) is 6.64. The molecule has 0 aromatic heterocycles. The third-order valence-corrected chi connectivity index (χ3v) is 13.8. The fourth-order valence-electron chi connectivity index (χ4n) is 9.09. The molecule has 0 fully saturated rings. The fourth-order valence-corrected chi connectivity index (χ4v) is 9.09. The number of unbranched alkanes of at least 4 members (excludes halogenated alkanes) is 38. The van der Waals surface area contributed by atoms with Crippen molar-refractivity contribution in [3.8, 4) is 0 Å². The molecule has 0 aliphatic rings. The standard InChI is InChI=1S/C65H118O6/c1-4-7-10-13-16-19-22-25-28-31-32-35-37-40-43-46-49-52-55-58-64(67)70-61-62(71-65(68)59-56-53-50-47-44-41-38-34-30-27-24-21-18-15-12-9-6-3)60-69-63(66)57-54-51-48-45-42-39-36-33-29-26-23-20-17-14-11-8-5-2/h16,19,25,27-28,30,32,35,62H,4-15,17-18,20-24,26,29,31,33-34,36-61H2,1-3H3/b19-16-,28-25-,30-27-,35-32-. The van der Waals surface area contributed by atoms with Gasteiger partial charge in [-0.2, -0.15) is 0 Å². The molecule has 0 spiro atoms. The molecule has 414 valence electrons. The molecule has 0 saturated heterocycles. The van der Waals surface area contributed by atoms with E-state index in [-0.39, 0.29) is 31.1 Å². The second kappa shape index (κ2) is 59.9. The maximum Gasteiger partial charge on any atom is 0.306 e. The molecule has 0 amide bonds. The predicted molar refractivity (Wildman–Crippen MR) is 307 cm³/mol. The van der Waals surface area contributed by atoms with E-state index in [1.54, 1.807) is 0 Å². The average molecular weight is 996 g/mol. The summed E-state index contributed by atoms with van der Waals surface area (Å²) in [5.41, 5.74) is 0. The monoisotopic (exact) mass is 995 g/mol. The van der Waals surface area contributed by atoms with E-state index in [2.05, 4.69) is 69.4 Å². The Morgan fingerprint density at radius 2 is 0.507 bits per heavy atom. The van der Waals surface area contributed by atoms with Crippen molar-refractivity contribution in [3.63, 3.8) is 0 Å². The lowest BCUT2D eigenvalue weighted by atomic mass is 10.0. The zero-order valence-corrected chi connectivity index (χ0v) is 47.5. The van der Waals surface area contributed by atoms with Gasteiger partial charge in [0.1, 0.15) is 13.2 Å². The molecular formula is C65H118O6. The van der Waals surface area contributed by atoms with Crippen LogP contribution in [0.1, 0.15) is 329 Å². The fraction of sp³-hybridized carbons (Fsp3) is 0.831. The summed E-state index contributed by atoms with van der Waals surface area (Å²) in [5, 5.41) is 0. The van der Waals surface area contributed by atoms with E-state index < -0.39 is 6.10 Å². The second-order valence-corrected chi connectivity index (χ2v) is 21.0. The van der Waals surface area contributed by atoms with Gasteiger partial charge in [-0.1, -0.05) is 275 Å².